The lowest BCUT2D eigenvalue weighted by molar-refractivity contribution is -0.146. The molecule has 4 aliphatic carbocycles. The standard InChI is InChI=1S/C26H40N2O2/c1-15(2)28(16(3)4)24(30)21-10-9-18-17-7-8-20-23(27)22(29)12-14-25(20,5)19(17)11-13-26(18,21)6/h12,14-19,21H,7-11,13,27H2,1-6H3/t17-,18-,19-,21+,25+,26-/m0/s1. The molecule has 4 aliphatic rings. The molecule has 0 heterocycles. The lowest BCUT2D eigenvalue weighted by Crippen LogP contribution is -2.53. The molecular weight excluding hydrogens is 372 g/mol. The molecule has 0 bridgehead atoms. The van der Waals surface area contributed by atoms with Gasteiger partial charge in [-0.3, -0.25) is 9.59 Å². The topological polar surface area (TPSA) is 63.4 Å². The summed E-state index contributed by atoms with van der Waals surface area (Å²) in [4.78, 5) is 28.0. The molecule has 0 unspecified atom stereocenters. The van der Waals surface area contributed by atoms with E-state index in [0.29, 0.717) is 29.4 Å². The fourth-order valence-electron chi connectivity index (χ4n) is 8.07. The average Bonchev–Trinajstić information content (AvgIpc) is 3.01. The van der Waals surface area contributed by atoms with Crippen LogP contribution in [-0.4, -0.2) is 28.7 Å². The minimum atomic E-state index is -0.0910. The summed E-state index contributed by atoms with van der Waals surface area (Å²) in [5, 5.41) is 0. The van der Waals surface area contributed by atoms with Gasteiger partial charge in [0.15, 0.2) is 0 Å². The molecule has 0 saturated heterocycles. The van der Waals surface area contributed by atoms with E-state index in [1.165, 1.54) is 5.57 Å². The number of nitrogens with zero attached hydrogens (tertiary/aromatic N) is 1. The first-order chi connectivity index (χ1) is 14.0. The van der Waals surface area contributed by atoms with E-state index in [2.05, 4.69) is 52.5 Å². The summed E-state index contributed by atoms with van der Waals surface area (Å²) >= 11 is 0. The molecular formula is C26H40N2O2. The molecule has 166 valence electrons. The van der Waals surface area contributed by atoms with Crippen LogP contribution >= 0.6 is 0 Å². The predicted octanol–water partition coefficient (Wildman–Crippen LogP) is 4.84. The highest BCUT2D eigenvalue weighted by molar-refractivity contribution is 6.05. The second kappa shape index (κ2) is 7.24. The number of amides is 1. The number of hydrogen-bond acceptors (Lipinski definition) is 3. The number of carbonyl (C=O) groups is 2. The van der Waals surface area contributed by atoms with E-state index in [9.17, 15) is 9.59 Å². The van der Waals surface area contributed by atoms with Crippen molar-refractivity contribution in [3.8, 4) is 0 Å². The second-order valence-corrected chi connectivity index (χ2v) is 11.4. The number of rotatable bonds is 3. The second-order valence-electron chi connectivity index (χ2n) is 11.4. The zero-order chi connectivity index (χ0) is 22.0. The Kier molecular flexibility index (Phi) is 5.22. The van der Waals surface area contributed by atoms with Gasteiger partial charge in [-0.25, -0.2) is 0 Å². The van der Waals surface area contributed by atoms with Gasteiger partial charge in [-0.05, 0) is 101 Å². The van der Waals surface area contributed by atoms with Crippen molar-refractivity contribution in [2.45, 2.75) is 92.2 Å². The van der Waals surface area contributed by atoms with Crippen LogP contribution in [0.5, 0.6) is 0 Å². The van der Waals surface area contributed by atoms with Crippen molar-refractivity contribution in [2.24, 2.45) is 40.2 Å². The lowest BCUT2D eigenvalue weighted by atomic mass is 9.47. The minimum absolute atomic E-state index is 0.0180. The van der Waals surface area contributed by atoms with Crippen LogP contribution in [-0.2, 0) is 9.59 Å². The van der Waals surface area contributed by atoms with E-state index in [1.807, 2.05) is 0 Å². The van der Waals surface area contributed by atoms with E-state index < -0.39 is 0 Å². The predicted molar refractivity (Wildman–Crippen MR) is 120 cm³/mol. The highest BCUT2D eigenvalue weighted by Crippen LogP contribution is 2.66. The van der Waals surface area contributed by atoms with Gasteiger partial charge < -0.3 is 10.6 Å². The van der Waals surface area contributed by atoms with Gasteiger partial charge in [-0.1, -0.05) is 19.9 Å². The monoisotopic (exact) mass is 412 g/mol. The first-order valence-corrected chi connectivity index (χ1v) is 12.1. The average molecular weight is 413 g/mol. The zero-order valence-corrected chi connectivity index (χ0v) is 19.7. The summed E-state index contributed by atoms with van der Waals surface area (Å²) in [7, 11) is 0. The number of allylic oxidation sites excluding steroid dienone is 3. The summed E-state index contributed by atoms with van der Waals surface area (Å²) in [6.07, 6.45) is 10.3. The molecule has 2 N–H and O–H groups in total. The minimum Gasteiger partial charge on any atom is -0.396 e. The van der Waals surface area contributed by atoms with Gasteiger partial charge in [0.05, 0.1) is 5.70 Å². The van der Waals surface area contributed by atoms with Gasteiger partial charge in [-0.2, -0.15) is 0 Å². The van der Waals surface area contributed by atoms with Gasteiger partial charge in [0.1, 0.15) is 0 Å². The van der Waals surface area contributed by atoms with E-state index in [1.54, 1.807) is 6.08 Å². The zero-order valence-electron chi connectivity index (χ0n) is 19.7. The molecule has 0 spiro atoms. The largest absolute Gasteiger partial charge is 0.396 e. The highest BCUT2D eigenvalue weighted by Gasteiger charge is 2.60. The Labute approximate surface area is 182 Å². The maximum atomic E-state index is 13.7. The first kappa shape index (κ1) is 21.6. The third kappa shape index (κ3) is 2.92. The Morgan fingerprint density at radius 2 is 1.73 bits per heavy atom. The SMILES string of the molecule is CC(C)N(C(=O)[C@H]1CC[C@H]2[C@@H]3CCC4=C(N)C(=O)C=C[C@]4(C)[C@H]3CC[C@]12C)C(C)C. The molecule has 0 aromatic rings. The van der Waals surface area contributed by atoms with Crippen molar-refractivity contribution in [3.05, 3.63) is 23.4 Å². The third-order valence-electron chi connectivity index (χ3n) is 9.42. The number of nitrogens with two attached hydrogens (primary N) is 1. The summed E-state index contributed by atoms with van der Waals surface area (Å²) in [6.45, 7) is 13.3. The van der Waals surface area contributed by atoms with Crippen molar-refractivity contribution in [2.75, 3.05) is 0 Å². The molecule has 30 heavy (non-hydrogen) atoms. The molecule has 4 nitrogen and oxygen atoms in total. The van der Waals surface area contributed by atoms with Crippen LogP contribution in [0, 0.1) is 34.5 Å². The number of hydrogen-bond donors (Lipinski definition) is 1. The van der Waals surface area contributed by atoms with Crippen LogP contribution in [0.4, 0.5) is 0 Å². The Bertz CT molecular complexity index is 802. The van der Waals surface area contributed by atoms with Crippen molar-refractivity contribution in [1.29, 1.82) is 0 Å². The normalized spacial score (nSPS) is 40.5. The molecule has 0 aliphatic heterocycles. The molecule has 1 amide bonds. The van der Waals surface area contributed by atoms with Gasteiger partial charge in [-0.15, -0.1) is 0 Å². The molecule has 3 fully saturated rings. The van der Waals surface area contributed by atoms with E-state index in [-0.39, 0.29) is 34.6 Å². The lowest BCUT2D eigenvalue weighted by Gasteiger charge is -2.57. The molecule has 4 rings (SSSR count). The fraction of sp³-hybridized carbons (Fsp3) is 0.769. The van der Waals surface area contributed by atoms with Crippen LogP contribution < -0.4 is 5.73 Å². The Balaban J connectivity index is 1.63. The number of ketones is 1. The first-order valence-electron chi connectivity index (χ1n) is 12.1. The summed E-state index contributed by atoms with van der Waals surface area (Å²) < 4.78 is 0. The molecule has 0 aromatic heterocycles. The van der Waals surface area contributed by atoms with Crippen LogP contribution in [0.15, 0.2) is 23.4 Å². The van der Waals surface area contributed by atoms with Crippen molar-refractivity contribution < 1.29 is 9.59 Å². The highest BCUT2D eigenvalue weighted by atomic mass is 16.2. The Morgan fingerprint density at radius 3 is 2.37 bits per heavy atom. The smallest absolute Gasteiger partial charge is 0.226 e. The molecule has 3 saturated carbocycles. The number of carbonyl (C=O) groups excluding carboxylic acids is 2. The van der Waals surface area contributed by atoms with Crippen molar-refractivity contribution in [1.82, 2.24) is 4.90 Å². The van der Waals surface area contributed by atoms with Gasteiger partial charge in [0, 0.05) is 23.4 Å². The Hall–Kier alpha value is -1.58. The fourth-order valence-corrected chi connectivity index (χ4v) is 8.07. The summed E-state index contributed by atoms with van der Waals surface area (Å²) in [6, 6.07) is 0.483. The van der Waals surface area contributed by atoms with Gasteiger partial charge in [0.25, 0.3) is 0 Å². The molecule has 6 atom stereocenters. The van der Waals surface area contributed by atoms with E-state index in [4.69, 9.17) is 5.73 Å². The van der Waals surface area contributed by atoms with Crippen LogP contribution in [0.1, 0.15) is 80.1 Å². The van der Waals surface area contributed by atoms with Crippen molar-refractivity contribution in [3.63, 3.8) is 0 Å². The van der Waals surface area contributed by atoms with E-state index >= 15 is 0 Å². The third-order valence-corrected chi connectivity index (χ3v) is 9.42. The van der Waals surface area contributed by atoms with Crippen LogP contribution in [0.3, 0.4) is 0 Å². The van der Waals surface area contributed by atoms with Gasteiger partial charge in [0.2, 0.25) is 11.7 Å². The van der Waals surface area contributed by atoms with Crippen LogP contribution in [0.2, 0.25) is 0 Å². The Morgan fingerprint density at radius 1 is 1.07 bits per heavy atom. The summed E-state index contributed by atoms with van der Waals surface area (Å²) in [5.41, 5.74) is 7.93. The quantitative estimate of drug-likeness (QED) is 0.721. The maximum Gasteiger partial charge on any atom is 0.226 e. The summed E-state index contributed by atoms with van der Waals surface area (Å²) in [5.74, 6) is 2.24. The number of fused-ring (bicyclic) bond motifs is 5. The van der Waals surface area contributed by atoms with Crippen LogP contribution in [0.25, 0.3) is 0 Å². The molecule has 0 radical (unpaired) electrons. The van der Waals surface area contributed by atoms with Gasteiger partial charge >= 0.3 is 0 Å². The molecule has 4 heteroatoms. The molecule has 0 aromatic carbocycles. The van der Waals surface area contributed by atoms with E-state index in [0.717, 1.165) is 38.5 Å². The van der Waals surface area contributed by atoms with Crippen molar-refractivity contribution >= 4 is 11.7 Å². The maximum absolute atomic E-state index is 13.7.